The van der Waals surface area contributed by atoms with Gasteiger partial charge in [-0.05, 0) is 45.9 Å². The van der Waals surface area contributed by atoms with E-state index in [0.717, 1.165) is 29.8 Å². The van der Waals surface area contributed by atoms with Gasteiger partial charge >= 0.3 is 0 Å². The van der Waals surface area contributed by atoms with E-state index in [-0.39, 0.29) is 24.2 Å². The Balaban J connectivity index is 1.66. The highest BCUT2D eigenvalue weighted by atomic mass is 79.9. The zero-order valence-corrected chi connectivity index (χ0v) is 19.0. The van der Waals surface area contributed by atoms with E-state index in [4.69, 9.17) is 9.47 Å². The molecular formula is C20H26BrN3O3S. The average Bonchev–Trinajstić information content (AvgIpc) is 3.00. The third kappa shape index (κ3) is 5.76. The molecule has 1 aliphatic rings. The van der Waals surface area contributed by atoms with Gasteiger partial charge in [-0.1, -0.05) is 15.9 Å². The largest absolute Gasteiger partial charge is 0.490 e. The van der Waals surface area contributed by atoms with Crippen molar-refractivity contribution in [1.29, 1.82) is 0 Å². The van der Waals surface area contributed by atoms with E-state index in [2.05, 4.69) is 45.0 Å². The third-order valence-electron chi connectivity index (χ3n) is 4.20. The maximum Gasteiger partial charge on any atom is 0.261 e. The van der Waals surface area contributed by atoms with E-state index in [1.165, 1.54) is 11.3 Å². The fourth-order valence-electron chi connectivity index (χ4n) is 3.28. The molecule has 0 aliphatic carbocycles. The van der Waals surface area contributed by atoms with Gasteiger partial charge in [0.15, 0.2) is 5.13 Å². The van der Waals surface area contributed by atoms with E-state index in [0.29, 0.717) is 16.4 Å². The van der Waals surface area contributed by atoms with Crippen LogP contribution in [0.1, 0.15) is 43.7 Å². The lowest BCUT2D eigenvalue weighted by Gasteiger charge is -2.34. The van der Waals surface area contributed by atoms with Gasteiger partial charge in [-0.15, -0.1) is 11.3 Å². The van der Waals surface area contributed by atoms with Gasteiger partial charge in [-0.25, -0.2) is 4.98 Å². The van der Waals surface area contributed by atoms with Crippen LogP contribution in [-0.4, -0.2) is 47.2 Å². The Morgan fingerprint density at radius 2 is 2.11 bits per heavy atom. The number of morpholine rings is 1. The summed E-state index contributed by atoms with van der Waals surface area (Å²) in [5.41, 5.74) is 1.44. The number of nitrogens with one attached hydrogen (secondary N) is 1. The molecule has 0 bridgehead atoms. The number of nitrogens with zero attached hydrogens (tertiary/aromatic N) is 2. The summed E-state index contributed by atoms with van der Waals surface area (Å²) in [5.74, 6) is 0.326. The van der Waals surface area contributed by atoms with Crippen LogP contribution < -0.4 is 10.1 Å². The molecule has 2 unspecified atom stereocenters. The number of hydrogen-bond donors (Lipinski definition) is 1. The predicted molar refractivity (Wildman–Crippen MR) is 115 cm³/mol. The summed E-state index contributed by atoms with van der Waals surface area (Å²) in [6.45, 7) is 10.6. The highest BCUT2D eigenvalue weighted by Crippen LogP contribution is 2.27. The van der Waals surface area contributed by atoms with Crippen molar-refractivity contribution in [3.63, 3.8) is 0 Å². The molecule has 2 aromatic rings. The Bertz CT molecular complexity index is 817. The van der Waals surface area contributed by atoms with Gasteiger partial charge < -0.3 is 9.47 Å². The Morgan fingerprint density at radius 1 is 1.39 bits per heavy atom. The first-order valence-electron chi connectivity index (χ1n) is 9.40. The van der Waals surface area contributed by atoms with Gasteiger partial charge in [0.05, 0.1) is 29.6 Å². The highest BCUT2D eigenvalue weighted by Gasteiger charge is 2.23. The van der Waals surface area contributed by atoms with Crippen LogP contribution in [0.25, 0.3) is 0 Å². The molecular weight excluding hydrogens is 442 g/mol. The molecule has 2 heterocycles. The van der Waals surface area contributed by atoms with Crippen LogP contribution in [0.2, 0.25) is 0 Å². The SMILES string of the molecule is CC(C)Oc1cc(Br)ccc1C(=O)Nc1nc(CN2CC(C)OC(C)C2)cs1. The Morgan fingerprint density at radius 3 is 2.79 bits per heavy atom. The molecule has 0 spiro atoms. The standard InChI is InChI=1S/C20H26BrN3O3S/c1-12(2)26-18-7-15(21)5-6-17(18)19(25)23-20-22-16(11-28-20)10-24-8-13(3)27-14(4)9-24/h5-7,11-14H,8-10H2,1-4H3,(H,22,23,25). The van der Waals surface area contributed by atoms with Crippen LogP contribution in [0.5, 0.6) is 5.75 Å². The lowest BCUT2D eigenvalue weighted by Crippen LogP contribution is -2.44. The fourth-order valence-corrected chi connectivity index (χ4v) is 4.32. The second-order valence-electron chi connectivity index (χ2n) is 7.36. The van der Waals surface area contributed by atoms with Crippen LogP contribution in [0.4, 0.5) is 5.13 Å². The minimum absolute atomic E-state index is 0.0226. The van der Waals surface area contributed by atoms with E-state index in [1.54, 1.807) is 6.07 Å². The lowest BCUT2D eigenvalue weighted by molar-refractivity contribution is -0.0707. The molecule has 1 aliphatic heterocycles. The number of aromatic nitrogens is 1. The molecule has 1 aromatic carbocycles. The second-order valence-corrected chi connectivity index (χ2v) is 9.13. The molecule has 2 atom stereocenters. The minimum atomic E-state index is -0.224. The van der Waals surface area contributed by atoms with Crippen molar-refractivity contribution >= 4 is 38.3 Å². The maximum atomic E-state index is 12.7. The molecule has 28 heavy (non-hydrogen) atoms. The summed E-state index contributed by atoms with van der Waals surface area (Å²) in [4.78, 5) is 19.7. The van der Waals surface area contributed by atoms with E-state index in [1.807, 2.05) is 31.4 Å². The van der Waals surface area contributed by atoms with E-state index < -0.39 is 0 Å². The molecule has 0 radical (unpaired) electrons. The van der Waals surface area contributed by atoms with Crippen LogP contribution >= 0.6 is 27.3 Å². The average molecular weight is 468 g/mol. The number of amides is 1. The van der Waals surface area contributed by atoms with Crippen molar-refractivity contribution in [3.05, 3.63) is 39.3 Å². The number of carbonyl (C=O) groups is 1. The molecule has 1 N–H and O–H groups in total. The molecule has 8 heteroatoms. The van der Waals surface area contributed by atoms with Crippen molar-refractivity contribution < 1.29 is 14.3 Å². The first-order chi connectivity index (χ1) is 13.3. The Hall–Kier alpha value is -1.48. The molecule has 0 saturated carbocycles. The van der Waals surface area contributed by atoms with Crippen molar-refractivity contribution in [3.8, 4) is 5.75 Å². The van der Waals surface area contributed by atoms with Gasteiger partial charge in [-0.2, -0.15) is 0 Å². The van der Waals surface area contributed by atoms with Crippen molar-refractivity contribution in [1.82, 2.24) is 9.88 Å². The number of carbonyl (C=O) groups excluding carboxylic acids is 1. The van der Waals surface area contributed by atoms with Gasteiger partial charge in [0.1, 0.15) is 5.75 Å². The molecule has 1 amide bonds. The van der Waals surface area contributed by atoms with Gasteiger partial charge in [0, 0.05) is 29.5 Å². The topological polar surface area (TPSA) is 63.7 Å². The summed E-state index contributed by atoms with van der Waals surface area (Å²) in [6, 6.07) is 5.39. The van der Waals surface area contributed by atoms with Crippen molar-refractivity contribution in [2.75, 3.05) is 18.4 Å². The summed E-state index contributed by atoms with van der Waals surface area (Å²) < 4.78 is 12.4. The number of anilines is 1. The van der Waals surface area contributed by atoms with E-state index >= 15 is 0 Å². The first kappa shape index (κ1) is 21.2. The normalized spacial score (nSPS) is 20.4. The molecule has 6 nitrogen and oxygen atoms in total. The zero-order valence-electron chi connectivity index (χ0n) is 16.6. The monoisotopic (exact) mass is 467 g/mol. The Kier molecular flexibility index (Phi) is 7.09. The highest BCUT2D eigenvalue weighted by molar-refractivity contribution is 9.10. The van der Waals surface area contributed by atoms with Gasteiger partial charge in [0.2, 0.25) is 0 Å². The zero-order chi connectivity index (χ0) is 20.3. The van der Waals surface area contributed by atoms with Crippen LogP contribution in [-0.2, 0) is 11.3 Å². The molecule has 3 rings (SSSR count). The number of ether oxygens (including phenoxy) is 2. The maximum absolute atomic E-state index is 12.7. The number of thiazole rings is 1. The van der Waals surface area contributed by atoms with Crippen LogP contribution in [0, 0.1) is 0 Å². The number of hydrogen-bond acceptors (Lipinski definition) is 6. The number of halogens is 1. The van der Waals surface area contributed by atoms with Gasteiger partial charge in [0.25, 0.3) is 5.91 Å². The summed E-state index contributed by atoms with van der Waals surface area (Å²) >= 11 is 4.86. The lowest BCUT2D eigenvalue weighted by atomic mass is 10.2. The van der Waals surface area contributed by atoms with Crippen LogP contribution in [0.15, 0.2) is 28.1 Å². The summed E-state index contributed by atoms with van der Waals surface area (Å²) in [7, 11) is 0. The van der Waals surface area contributed by atoms with E-state index in [9.17, 15) is 4.79 Å². The third-order valence-corrected chi connectivity index (χ3v) is 5.50. The Labute approximate surface area is 178 Å². The number of benzene rings is 1. The quantitative estimate of drug-likeness (QED) is 0.674. The second kappa shape index (κ2) is 9.35. The molecule has 152 valence electrons. The van der Waals surface area contributed by atoms with Crippen LogP contribution in [0.3, 0.4) is 0 Å². The number of rotatable bonds is 6. The summed E-state index contributed by atoms with van der Waals surface area (Å²) in [5, 5.41) is 5.48. The first-order valence-corrected chi connectivity index (χ1v) is 11.1. The van der Waals surface area contributed by atoms with Crippen molar-refractivity contribution in [2.24, 2.45) is 0 Å². The molecule has 1 fully saturated rings. The predicted octanol–water partition coefficient (Wildman–Crippen LogP) is 4.55. The summed E-state index contributed by atoms with van der Waals surface area (Å²) in [6.07, 6.45) is 0.419. The smallest absolute Gasteiger partial charge is 0.261 e. The van der Waals surface area contributed by atoms with Crippen molar-refractivity contribution in [2.45, 2.75) is 52.6 Å². The van der Waals surface area contributed by atoms with Gasteiger partial charge in [-0.3, -0.25) is 15.0 Å². The minimum Gasteiger partial charge on any atom is -0.490 e. The fraction of sp³-hybridized carbons (Fsp3) is 0.500. The molecule has 1 saturated heterocycles. The molecule has 1 aromatic heterocycles.